The Hall–Kier alpha value is -2.57. The molecule has 0 radical (unpaired) electrons. The monoisotopic (exact) mass is 460 g/mol. The molecule has 0 heterocycles. The third-order valence-electron chi connectivity index (χ3n) is 5.12. The molecular formula is C25H33ClN2O4. The second-order valence-corrected chi connectivity index (χ2v) is 8.45. The number of esters is 1. The summed E-state index contributed by atoms with van der Waals surface area (Å²) in [6.07, 6.45) is 4.10. The summed E-state index contributed by atoms with van der Waals surface area (Å²) in [5.74, 6) is -1.25. The number of hydrogen-bond acceptors (Lipinski definition) is 5. The van der Waals surface area contributed by atoms with Crippen LogP contribution >= 0.6 is 11.6 Å². The van der Waals surface area contributed by atoms with Crippen molar-refractivity contribution in [2.24, 2.45) is 0 Å². The summed E-state index contributed by atoms with van der Waals surface area (Å²) < 4.78 is 5.12. The number of amides is 1. The number of nitrogens with zero attached hydrogens (tertiary/aromatic N) is 1. The van der Waals surface area contributed by atoms with E-state index >= 15 is 0 Å². The standard InChI is InChI=1S/C25H33ClN2O4/c1-4-32-25(31)22(15-18-11-7-5-8-12-18)27-24(30)20-17-21(26)19(16-23(20)29)13-9-6-10-14-28(2)3/h5,7-8,11-12,16-17,22,29H,4,6,9-10,13-15H2,1-3H3,(H,27,30). The first-order valence-corrected chi connectivity index (χ1v) is 11.4. The molecule has 0 spiro atoms. The van der Waals surface area contributed by atoms with Crippen molar-refractivity contribution in [1.82, 2.24) is 10.2 Å². The molecular weight excluding hydrogens is 428 g/mol. The van der Waals surface area contributed by atoms with Gasteiger partial charge in [-0.05, 0) is 70.1 Å². The minimum Gasteiger partial charge on any atom is -0.507 e. The lowest BCUT2D eigenvalue weighted by Gasteiger charge is -2.18. The fraction of sp³-hybridized carbons (Fsp3) is 0.440. The lowest BCUT2D eigenvalue weighted by atomic mass is 10.0. The Morgan fingerprint density at radius 3 is 2.50 bits per heavy atom. The number of carbonyl (C=O) groups is 2. The molecule has 7 heteroatoms. The van der Waals surface area contributed by atoms with Crippen LogP contribution in [-0.2, 0) is 22.4 Å². The van der Waals surface area contributed by atoms with Crippen LogP contribution in [0.4, 0.5) is 0 Å². The van der Waals surface area contributed by atoms with Crippen LogP contribution in [0.1, 0.15) is 47.7 Å². The molecule has 1 amide bonds. The van der Waals surface area contributed by atoms with Crippen LogP contribution in [0, 0.1) is 0 Å². The van der Waals surface area contributed by atoms with E-state index in [9.17, 15) is 14.7 Å². The molecule has 0 saturated heterocycles. The average Bonchev–Trinajstić information content (AvgIpc) is 2.75. The van der Waals surface area contributed by atoms with E-state index in [-0.39, 0.29) is 24.3 Å². The van der Waals surface area contributed by atoms with E-state index in [0.717, 1.165) is 43.4 Å². The smallest absolute Gasteiger partial charge is 0.328 e. The highest BCUT2D eigenvalue weighted by molar-refractivity contribution is 6.31. The quantitative estimate of drug-likeness (QED) is 0.366. The number of carbonyl (C=O) groups excluding carboxylic acids is 2. The van der Waals surface area contributed by atoms with Crippen molar-refractivity contribution in [1.29, 1.82) is 0 Å². The summed E-state index contributed by atoms with van der Waals surface area (Å²) >= 11 is 6.40. The van der Waals surface area contributed by atoms with Gasteiger partial charge in [-0.3, -0.25) is 4.79 Å². The van der Waals surface area contributed by atoms with Crippen molar-refractivity contribution in [3.63, 3.8) is 0 Å². The first-order valence-electron chi connectivity index (χ1n) is 11.0. The molecule has 32 heavy (non-hydrogen) atoms. The zero-order valence-corrected chi connectivity index (χ0v) is 19.8. The summed E-state index contributed by atoms with van der Waals surface area (Å²) in [7, 11) is 4.09. The molecule has 2 aromatic rings. The van der Waals surface area contributed by atoms with Crippen molar-refractivity contribution >= 4 is 23.5 Å². The van der Waals surface area contributed by atoms with Gasteiger partial charge in [-0.15, -0.1) is 0 Å². The number of hydrogen-bond donors (Lipinski definition) is 2. The van der Waals surface area contributed by atoms with Crippen molar-refractivity contribution in [2.45, 2.75) is 45.1 Å². The molecule has 1 unspecified atom stereocenters. The number of phenols is 1. The molecule has 0 aliphatic carbocycles. The number of aryl methyl sites for hydroxylation is 1. The minimum absolute atomic E-state index is 0.0358. The fourth-order valence-electron chi connectivity index (χ4n) is 3.42. The van der Waals surface area contributed by atoms with E-state index in [1.165, 1.54) is 6.07 Å². The Morgan fingerprint density at radius 2 is 1.84 bits per heavy atom. The van der Waals surface area contributed by atoms with Gasteiger partial charge < -0.3 is 20.1 Å². The Labute approximate surface area is 195 Å². The van der Waals surface area contributed by atoms with Gasteiger partial charge in [0.1, 0.15) is 11.8 Å². The zero-order valence-electron chi connectivity index (χ0n) is 19.1. The van der Waals surface area contributed by atoms with Crippen LogP contribution in [0.2, 0.25) is 5.02 Å². The highest BCUT2D eigenvalue weighted by atomic mass is 35.5. The lowest BCUT2D eigenvalue weighted by molar-refractivity contribution is -0.145. The number of benzene rings is 2. The number of ether oxygens (including phenoxy) is 1. The van der Waals surface area contributed by atoms with Crippen molar-refractivity contribution in [3.05, 3.63) is 64.2 Å². The van der Waals surface area contributed by atoms with Gasteiger partial charge in [0.25, 0.3) is 5.91 Å². The Kier molecular flexibility index (Phi) is 10.5. The largest absolute Gasteiger partial charge is 0.507 e. The number of halogens is 1. The first kappa shape index (κ1) is 25.7. The maximum atomic E-state index is 12.9. The van der Waals surface area contributed by atoms with Gasteiger partial charge in [-0.25, -0.2) is 4.79 Å². The van der Waals surface area contributed by atoms with Crippen molar-refractivity contribution in [3.8, 4) is 5.75 Å². The molecule has 2 N–H and O–H groups in total. The van der Waals surface area contributed by atoms with Crippen molar-refractivity contribution < 1.29 is 19.4 Å². The van der Waals surface area contributed by atoms with Gasteiger partial charge in [0.15, 0.2) is 0 Å². The minimum atomic E-state index is -0.876. The molecule has 0 bridgehead atoms. The number of nitrogens with one attached hydrogen (secondary N) is 1. The molecule has 2 rings (SSSR count). The predicted octanol–water partition coefficient (Wildman–Crippen LogP) is 4.22. The molecule has 0 aliphatic rings. The molecule has 6 nitrogen and oxygen atoms in total. The summed E-state index contributed by atoms with van der Waals surface area (Å²) in [4.78, 5) is 27.4. The van der Waals surface area contributed by atoms with Crippen LogP contribution in [0.25, 0.3) is 0 Å². The van der Waals surface area contributed by atoms with Crippen LogP contribution in [-0.4, -0.2) is 55.2 Å². The molecule has 0 aromatic heterocycles. The summed E-state index contributed by atoms with van der Waals surface area (Å²) in [6, 6.07) is 11.5. The van der Waals surface area contributed by atoms with Crippen LogP contribution in [0.3, 0.4) is 0 Å². The number of phenolic OH excluding ortho intramolecular Hbond substituents is 1. The maximum Gasteiger partial charge on any atom is 0.328 e. The molecule has 0 aliphatic heterocycles. The SMILES string of the molecule is CCOC(=O)C(Cc1ccccc1)NC(=O)c1cc(Cl)c(CCCCCN(C)C)cc1O. The van der Waals surface area contributed by atoms with E-state index in [2.05, 4.69) is 10.2 Å². The summed E-state index contributed by atoms with van der Waals surface area (Å²) in [5.41, 5.74) is 1.73. The van der Waals surface area contributed by atoms with Gasteiger partial charge in [-0.1, -0.05) is 48.4 Å². The van der Waals surface area contributed by atoms with E-state index in [4.69, 9.17) is 16.3 Å². The molecule has 0 saturated carbocycles. The second-order valence-electron chi connectivity index (χ2n) is 8.04. The zero-order chi connectivity index (χ0) is 23.5. The summed E-state index contributed by atoms with van der Waals surface area (Å²) in [5, 5.41) is 13.6. The van der Waals surface area contributed by atoms with E-state index in [0.29, 0.717) is 5.02 Å². The van der Waals surface area contributed by atoms with E-state index in [1.54, 1.807) is 13.0 Å². The molecule has 174 valence electrons. The maximum absolute atomic E-state index is 12.9. The molecule has 2 aromatic carbocycles. The van der Waals surface area contributed by atoms with Gasteiger partial charge in [-0.2, -0.15) is 0 Å². The highest BCUT2D eigenvalue weighted by Crippen LogP contribution is 2.28. The summed E-state index contributed by atoms with van der Waals surface area (Å²) in [6.45, 7) is 2.95. The fourth-order valence-corrected chi connectivity index (χ4v) is 3.68. The van der Waals surface area contributed by atoms with E-state index in [1.807, 2.05) is 44.4 Å². The number of unbranched alkanes of at least 4 members (excludes halogenated alkanes) is 2. The van der Waals surface area contributed by atoms with Crippen molar-refractivity contribution in [2.75, 3.05) is 27.2 Å². The Morgan fingerprint density at radius 1 is 1.12 bits per heavy atom. The van der Waals surface area contributed by atoms with Gasteiger partial charge in [0.2, 0.25) is 0 Å². The van der Waals surface area contributed by atoms with Crippen LogP contribution in [0.5, 0.6) is 5.75 Å². The normalized spacial score (nSPS) is 11.9. The van der Waals surface area contributed by atoms with Gasteiger partial charge >= 0.3 is 5.97 Å². The second kappa shape index (κ2) is 13.1. The predicted molar refractivity (Wildman–Crippen MR) is 127 cm³/mol. The lowest BCUT2D eigenvalue weighted by Crippen LogP contribution is -2.43. The van der Waals surface area contributed by atoms with E-state index < -0.39 is 17.9 Å². The van der Waals surface area contributed by atoms with Crippen LogP contribution in [0.15, 0.2) is 42.5 Å². The number of rotatable bonds is 12. The Bertz CT molecular complexity index is 887. The average molecular weight is 461 g/mol. The van der Waals surface area contributed by atoms with Gasteiger partial charge in [0.05, 0.1) is 12.2 Å². The molecule has 1 atom stereocenters. The third kappa shape index (κ3) is 8.17. The topological polar surface area (TPSA) is 78.9 Å². The Balaban J connectivity index is 2.07. The third-order valence-corrected chi connectivity index (χ3v) is 5.47. The van der Waals surface area contributed by atoms with Crippen LogP contribution < -0.4 is 5.32 Å². The first-order chi connectivity index (χ1) is 15.3. The number of aromatic hydroxyl groups is 1. The molecule has 0 fully saturated rings. The highest BCUT2D eigenvalue weighted by Gasteiger charge is 2.25. The van der Waals surface area contributed by atoms with Gasteiger partial charge in [0, 0.05) is 11.4 Å².